The second-order valence-electron chi connectivity index (χ2n) is 3.22. The number of carboxylic acid groups (broad SMARTS) is 1. The van der Waals surface area contributed by atoms with Gasteiger partial charge in [-0.25, -0.2) is 0 Å². The van der Waals surface area contributed by atoms with E-state index in [1.807, 2.05) is 0 Å². The quantitative estimate of drug-likeness (QED) is 0.475. The van der Waals surface area contributed by atoms with E-state index >= 15 is 0 Å². The predicted octanol–water partition coefficient (Wildman–Crippen LogP) is 1.56. The van der Waals surface area contributed by atoms with Crippen LogP contribution in [0.2, 0.25) is 0 Å². The van der Waals surface area contributed by atoms with Crippen LogP contribution in [0.15, 0.2) is 0 Å². The fourth-order valence-electron chi connectivity index (χ4n) is 1.50. The highest BCUT2D eigenvalue weighted by Crippen LogP contribution is 2.20. The topological polar surface area (TPSA) is 40.5 Å². The molecule has 0 aliphatic carbocycles. The number of rotatable bonds is 2. The van der Waals surface area contributed by atoms with Gasteiger partial charge in [0.25, 0.3) is 0 Å². The summed E-state index contributed by atoms with van der Waals surface area (Å²) in [4.78, 5) is 12.9. The van der Waals surface area contributed by atoms with Crippen LogP contribution in [-0.2, 0) is 4.79 Å². The molecule has 0 bridgehead atoms. The maximum Gasteiger partial charge on any atom is 0.306 e. The maximum absolute atomic E-state index is 10.6. The molecule has 1 rings (SSSR count). The third-order valence-electron chi connectivity index (χ3n) is 2.38. The Morgan fingerprint density at radius 3 is 2.42 bits per heavy atom. The molecule has 1 N–H and O–H groups in total. The molecule has 4 heteroatoms. The number of hydrogen-bond donors (Lipinski definition) is 1. The van der Waals surface area contributed by atoms with Gasteiger partial charge in [0.05, 0.1) is 9.97 Å². The Labute approximate surface area is 86.3 Å². The minimum absolute atomic E-state index is 0.101. The Morgan fingerprint density at radius 2 is 2.08 bits per heavy atom. The molecule has 1 aliphatic heterocycles. The molecule has 0 saturated carbocycles. The largest absolute Gasteiger partial charge is 0.481 e. The first-order valence-corrected chi connectivity index (χ1v) is 5.46. The SMILES string of the molecule is CC(I)N1CCC(C(=O)O)CC1. The molecule has 1 saturated heterocycles. The van der Waals surface area contributed by atoms with Crippen LogP contribution in [-0.4, -0.2) is 33.1 Å². The molecule has 1 atom stereocenters. The molecule has 70 valence electrons. The van der Waals surface area contributed by atoms with Crippen LogP contribution < -0.4 is 0 Å². The van der Waals surface area contributed by atoms with Crippen molar-refractivity contribution in [1.29, 1.82) is 0 Å². The lowest BCUT2D eigenvalue weighted by Gasteiger charge is -2.31. The molecule has 1 heterocycles. The molecule has 0 aromatic heterocycles. The van der Waals surface area contributed by atoms with Gasteiger partial charge in [-0.05, 0) is 32.9 Å². The van der Waals surface area contributed by atoms with E-state index in [1.54, 1.807) is 0 Å². The van der Waals surface area contributed by atoms with Gasteiger partial charge < -0.3 is 5.11 Å². The first-order chi connectivity index (χ1) is 5.61. The number of halogens is 1. The van der Waals surface area contributed by atoms with Gasteiger partial charge in [0.1, 0.15) is 0 Å². The number of alkyl halides is 1. The fraction of sp³-hybridized carbons (Fsp3) is 0.875. The normalized spacial score (nSPS) is 23.8. The standard InChI is InChI=1S/C8H14INO2/c1-6(9)10-4-2-7(3-5-10)8(11)12/h6-7H,2-5H2,1H3,(H,11,12). The first-order valence-electron chi connectivity index (χ1n) is 4.22. The van der Waals surface area contributed by atoms with Crippen LogP contribution in [0.25, 0.3) is 0 Å². The highest BCUT2D eigenvalue weighted by molar-refractivity contribution is 14.1. The van der Waals surface area contributed by atoms with Gasteiger partial charge in [-0.2, -0.15) is 0 Å². The zero-order valence-electron chi connectivity index (χ0n) is 7.16. The van der Waals surface area contributed by atoms with Crippen LogP contribution in [0.1, 0.15) is 19.8 Å². The highest BCUT2D eigenvalue weighted by atomic mass is 127. The van der Waals surface area contributed by atoms with Crippen molar-refractivity contribution in [3.63, 3.8) is 0 Å². The molecule has 12 heavy (non-hydrogen) atoms. The van der Waals surface area contributed by atoms with Gasteiger partial charge in [0.2, 0.25) is 0 Å². The van der Waals surface area contributed by atoms with Gasteiger partial charge in [-0.1, -0.05) is 22.6 Å². The lowest BCUT2D eigenvalue weighted by atomic mass is 9.97. The van der Waals surface area contributed by atoms with Crippen molar-refractivity contribution in [1.82, 2.24) is 4.90 Å². The summed E-state index contributed by atoms with van der Waals surface area (Å²) in [6, 6.07) is 0. The Morgan fingerprint density at radius 1 is 1.58 bits per heavy atom. The summed E-state index contributed by atoms with van der Waals surface area (Å²) in [7, 11) is 0. The number of piperidine rings is 1. The summed E-state index contributed by atoms with van der Waals surface area (Å²) >= 11 is 2.36. The van der Waals surface area contributed by atoms with Gasteiger partial charge >= 0.3 is 5.97 Å². The van der Waals surface area contributed by atoms with Crippen molar-refractivity contribution < 1.29 is 9.90 Å². The van der Waals surface area contributed by atoms with Crippen molar-refractivity contribution >= 4 is 28.6 Å². The number of carboxylic acids is 1. The molecule has 1 fully saturated rings. The van der Waals surface area contributed by atoms with Crippen LogP contribution in [0.4, 0.5) is 0 Å². The van der Waals surface area contributed by atoms with Gasteiger partial charge in [0, 0.05) is 0 Å². The summed E-state index contributed by atoms with van der Waals surface area (Å²) in [5, 5.41) is 8.74. The van der Waals surface area contributed by atoms with Crippen molar-refractivity contribution in [3.8, 4) is 0 Å². The van der Waals surface area contributed by atoms with Crippen molar-refractivity contribution in [3.05, 3.63) is 0 Å². The molecular weight excluding hydrogens is 269 g/mol. The number of carbonyl (C=O) groups is 1. The van der Waals surface area contributed by atoms with Gasteiger partial charge in [-0.3, -0.25) is 9.69 Å². The van der Waals surface area contributed by atoms with E-state index in [0.717, 1.165) is 25.9 Å². The van der Waals surface area contributed by atoms with Crippen molar-refractivity contribution in [2.45, 2.75) is 23.8 Å². The van der Waals surface area contributed by atoms with E-state index in [9.17, 15) is 4.79 Å². The average Bonchev–Trinajstić information content (AvgIpc) is 2.04. The predicted molar refractivity (Wildman–Crippen MR) is 55.4 cm³/mol. The van der Waals surface area contributed by atoms with E-state index in [2.05, 4.69) is 34.4 Å². The lowest BCUT2D eigenvalue weighted by molar-refractivity contribution is -0.143. The molecule has 0 aromatic carbocycles. The van der Waals surface area contributed by atoms with Crippen LogP contribution in [0.5, 0.6) is 0 Å². The summed E-state index contributed by atoms with van der Waals surface area (Å²) in [5.74, 6) is -0.729. The van der Waals surface area contributed by atoms with Crippen molar-refractivity contribution in [2.75, 3.05) is 13.1 Å². The molecule has 3 nitrogen and oxygen atoms in total. The molecule has 0 aromatic rings. The Kier molecular flexibility index (Phi) is 3.77. The lowest BCUT2D eigenvalue weighted by Crippen LogP contribution is -2.39. The number of hydrogen-bond acceptors (Lipinski definition) is 2. The third-order valence-corrected chi connectivity index (χ3v) is 3.17. The second kappa shape index (κ2) is 4.41. The van der Waals surface area contributed by atoms with Crippen LogP contribution in [0.3, 0.4) is 0 Å². The fourth-order valence-corrected chi connectivity index (χ4v) is 2.06. The summed E-state index contributed by atoms with van der Waals surface area (Å²) in [6.07, 6.45) is 1.62. The Balaban J connectivity index is 2.34. The number of likely N-dealkylation sites (tertiary alicyclic amines) is 1. The minimum Gasteiger partial charge on any atom is -0.481 e. The van der Waals surface area contributed by atoms with Crippen LogP contribution in [0, 0.1) is 5.92 Å². The first kappa shape index (κ1) is 10.2. The van der Waals surface area contributed by atoms with Crippen LogP contribution >= 0.6 is 22.6 Å². The summed E-state index contributed by atoms with van der Waals surface area (Å²) in [5.41, 5.74) is 0. The molecule has 0 amide bonds. The molecular formula is C8H14INO2. The smallest absolute Gasteiger partial charge is 0.306 e. The van der Waals surface area contributed by atoms with Gasteiger partial charge in [-0.15, -0.1) is 0 Å². The molecule has 0 radical (unpaired) electrons. The molecule has 0 spiro atoms. The van der Waals surface area contributed by atoms with Gasteiger partial charge in [0.15, 0.2) is 0 Å². The zero-order valence-corrected chi connectivity index (χ0v) is 9.32. The van der Waals surface area contributed by atoms with E-state index in [1.165, 1.54) is 0 Å². The Hall–Kier alpha value is 0.160. The van der Waals surface area contributed by atoms with E-state index in [-0.39, 0.29) is 5.92 Å². The third kappa shape index (κ3) is 2.58. The van der Waals surface area contributed by atoms with E-state index < -0.39 is 5.97 Å². The molecule has 1 aliphatic rings. The summed E-state index contributed by atoms with van der Waals surface area (Å²) in [6.45, 7) is 4.00. The average molecular weight is 283 g/mol. The van der Waals surface area contributed by atoms with E-state index in [4.69, 9.17) is 5.11 Å². The Bertz CT molecular complexity index is 164. The minimum atomic E-state index is -0.629. The maximum atomic E-state index is 10.6. The number of nitrogens with zero attached hydrogens (tertiary/aromatic N) is 1. The monoisotopic (exact) mass is 283 g/mol. The molecule has 1 unspecified atom stereocenters. The van der Waals surface area contributed by atoms with E-state index in [0.29, 0.717) is 4.05 Å². The highest BCUT2D eigenvalue weighted by Gasteiger charge is 2.25. The summed E-state index contributed by atoms with van der Waals surface area (Å²) < 4.78 is 0.525. The number of aliphatic carboxylic acids is 1. The van der Waals surface area contributed by atoms with Crippen molar-refractivity contribution in [2.24, 2.45) is 5.92 Å². The zero-order chi connectivity index (χ0) is 9.14. The second-order valence-corrected chi connectivity index (χ2v) is 5.03.